The Hall–Kier alpha value is -0.910. The first-order valence-electron chi connectivity index (χ1n) is 7.07. The molecule has 2 aromatic heterocycles. The molecule has 0 amide bonds. The maximum atomic E-state index is 9.35. The van der Waals surface area contributed by atoms with Crippen molar-refractivity contribution < 1.29 is 5.11 Å². The molecule has 2 saturated carbocycles. The van der Waals surface area contributed by atoms with E-state index in [4.69, 9.17) is 4.98 Å². The summed E-state index contributed by atoms with van der Waals surface area (Å²) in [5.41, 5.74) is 2.80. The molecule has 2 heterocycles. The molecular formula is C14H19N3OS. The minimum absolute atomic E-state index is 0.179. The number of aliphatic hydroxyl groups is 1. The molecule has 0 bridgehead atoms. The highest BCUT2D eigenvalue weighted by Gasteiger charge is 2.41. The van der Waals surface area contributed by atoms with E-state index in [2.05, 4.69) is 21.3 Å². The zero-order chi connectivity index (χ0) is 12.9. The van der Waals surface area contributed by atoms with Gasteiger partial charge in [0.15, 0.2) is 4.96 Å². The van der Waals surface area contributed by atoms with E-state index in [1.54, 1.807) is 11.3 Å². The molecule has 2 fully saturated rings. The van der Waals surface area contributed by atoms with Crippen molar-refractivity contribution in [3.8, 4) is 0 Å². The summed E-state index contributed by atoms with van der Waals surface area (Å²) in [4.78, 5) is 5.89. The number of rotatable bonds is 6. The fourth-order valence-corrected chi connectivity index (χ4v) is 3.46. The molecule has 2 aliphatic carbocycles. The van der Waals surface area contributed by atoms with Gasteiger partial charge in [-0.05, 0) is 25.7 Å². The van der Waals surface area contributed by atoms with Gasteiger partial charge in [-0.1, -0.05) is 0 Å². The number of hydrogen-bond donors (Lipinski definition) is 2. The second-order valence-corrected chi connectivity index (χ2v) is 6.91. The van der Waals surface area contributed by atoms with Crippen molar-refractivity contribution in [2.75, 3.05) is 13.2 Å². The lowest BCUT2D eigenvalue weighted by Gasteiger charge is -2.13. The Kier molecular flexibility index (Phi) is 2.69. The number of hydrogen-bond acceptors (Lipinski definition) is 4. The molecule has 0 saturated heterocycles. The van der Waals surface area contributed by atoms with Gasteiger partial charge in [-0.15, -0.1) is 11.3 Å². The molecule has 4 nitrogen and oxygen atoms in total. The predicted octanol–water partition coefficient (Wildman–Crippen LogP) is 2.14. The van der Waals surface area contributed by atoms with Crippen LogP contribution in [-0.4, -0.2) is 27.6 Å². The highest BCUT2D eigenvalue weighted by molar-refractivity contribution is 7.15. The van der Waals surface area contributed by atoms with E-state index in [9.17, 15) is 5.11 Å². The van der Waals surface area contributed by atoms with E-state index >= 15 is 0 Å². The number of imidazole rings is 1. The van der Waals surface area contributed by atoms with E-state index in [1.165, 1.54) is 24.2 Å². The van der Waals surface area contributed by atoms with Crippen LogP contribution in [-0.2, 0) is 6.54 Å². The summed E-state index contributed by atoms with van der Waals surface area (Å²) in [6, 6.07) is 0. The summed E-state index contributed by atoms with van der Waals surface area (Å²) in [6.45, 7) is 2.10. The number of thiazole rings is 1. The topological polar surface area (TPSA) is 49.6 Å². The van der Waals surface area contributed by atoms with E-state index in [-0.39, 0.29) is 5.41 Å². The molecule has 2 N–H and O–H groups in total. The fraction of sp³-hybridized carbons (Fsp3) is 0.643. The Morgan fingerprint density at radius 2 is 2.32 bits per heavy atom. The third-order valence-electron chi connectivity index (χ3n) is 4.44. The third kappa shape index (κ3) is 2.10. The van der Waals surface area contributed by atoms with Crippen LogP contribution in [0.3, 0.4) is 0 Å². The van der Waals surface area contributed by atoms with Gasteiger partial charge in [0, 0.05) is 42.6 Å². The van der Waals surface area contributed by atoms with Crippen LogP contribution in [0.2, 0.25) is 0 Å². The summed E-state index contributed by atoms with van der Waals surface area (Å²) in [5, 5.41) is 15.0. The number of aliphatic hydroxyl groups excluding tert-OH is 1. The number of fused-ring (bicyclic) bond motifs is 1. The average Bonchev–Trinajstić information content (AvgIpc) is 3.32. The van der Waals surface area contributed by atoms with E-state index < -0.39 is 0 Å². The van der Waals surface area contributed by atoms with Crippen molar-refractivity contribution in [2.24, 2.45) is 5.41 Å². The Labute approximate surface area is 116 Å². The molecular weight excluding hydrogens is 258 g/mol. The van der Waals surface area contributed by atoms with Crippen LogP contribution in [0.15, 0.2) is 11.6 Å². The average molecular weight is 277 g/mol. The summed E-state index contributed by atoms with van der Waals surface area (Å²) in [6.07, 6.45) is 7.02. The molecule has 4 rings (SSSR count). The van der Waals surface area contributed by atoms with Crippen molar-refractivity contribution in [2.45, 2.75) is 38.1 Å². The maximum absolute atomic E-state index is 9.35. The lowest BCUT2D eigenvalue weighted by atomic mass is 10.1. The van der Waals surface area contributed by atoms with Crippen molar-refractivity contribution in [3.63, 3.8) is 0 Å². The largest absolute Gasteiger partial charge is 0.396 e. The lowest BCUT2D eigenvalue weighted by Crippen LogP contribution is -2.26. The Morgan fingerprint density at radius 3 is 3.00 bits per heavy atom. The summed E-state index contributed by atoms with van der Waals surface area (Å²) in [7, 11) is 0. The molecule has 2 aliphatic rings. The van der Waals surface area contributed by atoms with Gasteiger partial charge in [-0.3, -0.25) is 4.40 Å². The van der Waals surface area contributed by atoms with Crippen LogP contribution in [0.5, 0.6) is 0 Å². The number of nitrogens with zero attached hydrogens (tertiary/aromatic N) is 2. The van der Waals surface area contributed by atoms with Crippen molar-refractivity contribution in [1.82, 2.24) is 14.7 Å². The molecule has 19 heavy (non-hydrogen) atoms. The van der Waals surface area contributed by atoms with Gasteiger partial charge in [0.05, 0.1) is 11.4 Å². The minimum atomic E-state index is 0.179. The summed E-state index contributed by atoms with van der Waals surface area (Å²) >= 11 is 1.71. The standard InChI is InChI=1S/C14H19N3OS/c18-9-14(3-4-14)8-15-7-11-12(10-1-2-10)16-13-17(11)5-6-19-13/h5-6,10,15,18H,1-4,7-9H2. The monoisotopic (exact) mass is 277 g/mol. The Bertz CT molecular complexity index is 595. The van der Waals surface area contributed by atoms with Crippen molar-refractivity contribution in [1.29, 1.82) is 0 Å². The molecule has 0 atom stereocenters. The smallest absolute Gasteiger partial charge is 0.194 e. The molecule has 2 aromatic rings. The molecule has 102 valence electrons. The van der Waals surface area contributed by atoms with Gasteiger partial charge in [0.25, 0.3) is 0 Å². The minimum Gasteiger partial charge on any atom is -0.396 e. The number of aromatic nitrogens is 2. The van der Waals surface area contributed by atoms with Crippen LogP contribution >= 0.6 is 11.3 Å². The van der Waals surface area contributed by atoms with E-state index in [1.807, 2.05) is 0 Å². The zero-order valence-corrected chi connectivity index (χ0v) is 11.7. The van der Waals surface area contributed by atoms with Gasteiger partial charge in [-0.25, -0.2) is 4.98 Å². The van der Waals surface area contributed by atoms with Gasteiger partial charge >= 0.3 is 0 Å². The first kappa shape index (κ1) is 11.9. The number of nitrogens with one attached hydrogen (secondary N) is 1. The van der Waals surface area contributed by atoms with Crippen molar-refractivity contribution >= 4 is 16.3 Å². The first-order valence-corrected chi connectivity index (χ1v) is 7.95. The zero-order valence-electron chi connectivity index (χ0n) is 10.9. The van der Waals surface area contributed by atoms with Gasteiger partial charge in [0.2, 0.25) is 0 Å². The lowest BCUT2D eigenvalue weighted by molar-refractivity contribution is 0.207. The maximum Gasteiger partial charge on any atom is 0.194 e. The quantitative estimate of drug-likeness (QED) is 0.850. The van der Waals surface area contributed by atoms with Crippen LogP contribution in [0.1, 0.15) is 43.0 Å². The van der Waals surface area contributed by atoms with Gasteiger partial charge in [-0.2, -0.15) is 0 Å². The molecule has 0 unspecified atom stereocenters. The fourth-order valence-electron chi connectivity index (χ4n) is 2.72. The second-order valence-electron chi connectivity index (χ2n) is 6.04. The summed E-state index contributed by atoms with van der Waals surface area (Å²) < 4.78 is 2.23. The van der Waals surface area contributed by atoms with Gasteiger partial charge < -0.3 is 10.4 Å². The molecule has 5 heteroatoms. The van der Waals surface area contributed by atoms with Crippen LogP contribution in [0, 0.1) is 5.41 Å². The highest BCUT2D eigenvalue weighted by Crippen LogP contribution is 2.44. The van der Waals surface area contributed by atoms with Crippen LogP contribution in [0.25, 0.3) is 4.96 Å². The highest BCUT2D eigenvalue weighted by atomic mass is 32.1. The van der Waals surface area contributed by atoms with Crippen LogP contribution < -0.4 is 5.32 Å². The van der Waals surface area contributed by atoms with E-state index in [0.29, 0.717) is 12.5 Å². The summed E-state index contributed by atoms with van der Waals surface area (Å²) in [5.74, 6) is 0.691. The SMILES string of the molecule is OCC1(CNCc2c(C3CC3)nc3sccn23)CC1. The van der Waals surface area contributed by atoms with E-state index in [0.717, 1.165) is 30.9 Å². The molecule has 0 aliphatic heterocycles. The molecule has 0 aromatic carbocycles. The second kappa shape index (κ2) is 4.30. The third-order valence-corrected chi connectivity index (χ3v) is 5.20. The Morgan fingerprint density at radius 1 is 1.47 bits per heavy atom. The van der Waals surface area contributed by atoms with Crippen molar-refractivity contribution in [3.05, 3.63) is 23.0 Å². The van der Waals surface area contributed by atoms with Crippen LogP contribution in [0.4, 0.5) is 0 Å². The van der Waals surface area contributed by atoms with Gasteiger partial charge in [0.1, 0.15) is 0 Å². The normalized spacial score (nSPS) is 21.1. The molecule has 0 radical (unpaired) electrons. The predicted molar refractivity (Wildman–Crippen MR) is 75.5 cm³/mol. The first-order chi connectivity index (χ1) is 9.31. The Balaban J connectivity index is 1.52. The molecule has 0 spiro atoms.